The van der Waals surface area contributed by atoms with Crippen molar-refractivity contribution < 1.29 is 9.32 Å². The summed E-state index contributed by atoms with van der Waals surface area (Å²) >= 11 is 6.06. The number of carbonyl (C=O) groups excluding carboxylic acids is 1. The van der Waals surface area contributed by atoms with Crippen LogP contribution >= 0.6 is 24.0 Å². The van der Waals surface area contributed by atoms with Crippen molar-refractivity contribution in [2.24, 2.45) is 0 Å². The largest absolute Gasteiger partial charge is 0.351 e. The summed E-state index contributed by atoms with van der Waals surface area (Å²) in [7, 11) is 0. The van der Waals surface area contributed by atoms with Crippen LogP contribution in [0, 0.1) is 6.92 Å². The Balaban J connectivity index is 0.00000176. The number of carbonyl (C=O) groups is 1. The summed E-state index contributed by atoms with van der Waals surface area (Å²) in [5.41, 5.74) is 1.71. The van der Waals surface area contributed by atoms with Crippen LogP contribution in [0.4, 0.5) is 0 Å². The van der Waals surface area contributed by atoms with E-state index < -0.39 is 0 Å². The van der Waals surface area contributed by atoms with Gasteiger partial charge in [0, 0.05) is 30.7 Å². The minimum Gasteiger partial charge on any atom is -0.351 e. The van der Waals surface area contributed by atoms with Crippen LogP contribution in [0.25, 0.3) is 0 Å². The van der Waals surface area contributed by atoms with Crippen LogP contribution in [0.3, 0.4) is 0 Å². The number of aromatic nitrogens is 1. The van der Waals surface area contributed by atoms with Gasteiger partial charge in [-0.25, -0.2) is 0 Å². The number of nitrogens with zero attached hydrogens (tertiary/aromatic N) is 2. The highest BCUT2D eigenvalue weighted by atomic mass is 35.5. The fraction of sp³-hybridized carbons (Fsp3) is 0.333. The molecule has 118 valence electrons. The van der Waals surface area contributed by atoms with Crippen LogP contribution in [0.15, 0.2) is 34.9 Å². The van der Waals surface area contributed by atoms with Crippen LogP contribution in [0.2, 0.25) is 5.02 Å². The van der Waals surface area contributed by atoms with Gasteiger partial charge in [-0.15, -0.1) is 12.4 Å². The molecule has 1 amide bonds. The average molecular weight is 342 g/mol. The van der Waals surface area contributed by atoms with E-state index in [2.05, 4.69) is 10.5 Å². The third-order valence-electron chi connectivity index (χ3n) is 3.58. The van der Waals surface area contributed by atoms with Gasteiger partial charge in [-0.2, -0.15) is 0 Å². The zero-order valence-corrected chi connectivity index (χ0v) is 13.7. The summed E-state index contributed by atoms with van der Waals surface area (Å²) in [4.78, 5) is 14.4. The summed E-state index contributed by atoms with van der Waals surface area (Å²) in [6.07, 6.45) is 0. The molecule has 0 saturated carbocycles. The highest BCUT2D eigenvalue weighted by Crippen LogP contribution is 2.26. The van der Waals surface area contributed by atoms with Crippen molar-refractivity contribution in [1.29, 1.82) is 0 Å². The second-order valence-electron chi connectivity index (χ2n) is 5.11. The van der Waals surface area contributed by atoms with Crippen LogP contribution in [0.5, 0.6) is 0 Å². The Hall–Kier alpha value is -1.56. The molecular weight excluding hydrogens is 325 g/mol. The van der Waals surface area contributed by atoms with Gasteiger partial charge in [-0.3, -0.25) is 4.79 Å². The average Bonchev–Trinajstić information content (AvgIpc) is 2.93. The summed E-state index contributed by atoms with van der Waals surface area (Å²) in [6, 6.07) is 9.20. The second kappa shape index (κ2) is 7.13. The van der Waals surface area contributed by atoms with E-state index >= 15 is 0 Å². The fourth-order valence-corrected chi connectivity index (χ4v) is 2.76. The lowest BCUT2D eigenvalue weighted by atomic mass is 10.0. The molecule has 3 rings (SSSR count). The molecule has 1 fully saturated rings. The molecule has 1 N–H and O–H groups in total. The SMILES string of the molecule is Cc1cc(C(=O)N2CCNCC2c2cccc(Cl)c2)on1.Cl. The molecule has 7 heteroatoms. The molecular formula is C15H17Cl2N3O2. The smallest absolute Gasteiger partial charge is 0.293 e. The van der Waals surface area contributed by atoms with Crippen molar-refractivity contribution in [2.75, 3.05) is 19.6 Å². The molecule has 0 radical (unpaired) electrons. The topological polar surface area (TPSA) is 58.4 Å². The van der Waals surface area contributed by atoms with Crippen molar-refractivity contribution in [1.82, 2.24) is 15.4 Å². The maximum atomic E-state index is 12.6. The van der Waals surface area contributed by atoms with Gasteiger partial charge in [0.2, 0.25) is 5.76 Å². The number of benzene rings is 1. The molecule has 22 heavy (non-hydrogen) atoms. The van der Waals surface area contributed by atoms with Gasteiger partial charge in [0.1, 0.15) is 0 Å². The Morgan fingerprint density at radius 3 is 2.95 bits per heavy atom. The lowest BCUT2D eigenvalue weighted by Gasteiger charge is -2.36. The number of halogens is 2. The monoisotopic (exact) mass is 341 g/mol. The maximum Gasteiger partial charge on any atom is 0.293 e. The number of rotatable bonds is 2. The zero-order valence-electron chi connectivity index (χ0n) is 12.1. The summed E-state index contributed by atoms with van der Waals surface area (Å²) < 4.78 is 5.10. The van der Waals surface area contributed by atoms with Crippen molar-refractivity contribution in [2.45, 2.75) is 13.0 Å². The van der Waals surface area contributed by atoms with Crippen LogP contribution in [0.1, 0.15) is 27.9 Å². The van der Waals surface area contributed by atoms with Crippen molar-refractivity contribution >= 4 is 29.9 Å². The molecule has 5 nitrogen and oxygen atoms in total. The summed E-state index contributed by atoms with van der Waals surface area (Å²) in [5.74, 6) is 0.142. The Kier molecular flexibility index (Phi) is 5.45. The van der Waals surface area contributed by atoms with Crippen LogP contribution in [-0.4, -0.2) is 35.6 Å². The Labute approximate surface area is 140 Å². The third-order valence-corrected chi connectivity index (χ3v) is 3.81. The van der Waals surface area contributed by atoms with Crippen molar-refractivity contribution in [3.05, 3.63) is 52.4 Å². The number of amides is 1. The van der Waals surface area contributed by atoms with E-state index in [1.807, 2.05) is 29.2 Å². The van der Waals surface area contributed by atoms with E-state index in [0.29, 0.717) is 23.8 Å². The highest BCUT2D eigenvalue weighted by Gasteiger charge is 2.30. The van der Waals surface area contributed by atoms with Gasteiger partial charge in [0.15, 0.2) is 0 Å². The third kappa shape index (κ3) is 3.43. The van der Waals surface area contributed by atoms with E-state index in [0.717, 1.165) is 12.1 Å². The van der Waals surface area contributed by atoms with Gasteiger partial charge < -0.3 is 14.7 Å². The molecule has 1 aliphatic heterocycles. The van der Waals surface area contributed by atoms with E-state index in [-0.39, 0.29) is 30.1 Å². The van der Waals surface area contributed by atoms with E-state index in [9.17, 15) is 4.79 Å². The summed E-state index contributed by atoms with van der Waals surface area (Å²) in [5, 5.41) is 7.76. The molecule has 0 spiro atoms. The van der Waals surface area contributed by atoms with Crippen LogP contribution in [-0.2, 0) is 0 Å². The fourth-order valence-electron chi connectivity index (χ4n) is 2.56. The first kappa shape index (κ1) is 16.8. The minimum atomic E-state index is -0.137. The van der Waals surface area contributed by atoms with Crippen molar-refractivity contribution in [3.63, 3.8) is 0 Å². The molecule has 0 bridgehead atoms. The lowest BCUT2D eigenvalue weighted by Crippen LogP contribution is -2.48. The maximum absolute atomic E-state index is 12.6. The number of piperazine rings is 1. The molecule has 1 unspecified atom stereocenters. The lowest BCUT2D eigenvalue weighted by molar-refractivity contribution is 0.0592. The van der Waals surface area contributed by atoms with E-state index in [4.69, 9.17) is 16.1 Å². The van der Waals surface area contributed by atoms with Crippen molar-refractivity contribution in [3.8, 4) is 0 Å². The predicted molar refractivity (Wildman–Crippen MR) is 86.6 cm³/mol. The molecule has 1 aromatic heterocycles. The molecule has 0 aliphatic carbocycles. The molecule has 1 atom stereocenters. The number of hydrogen-bond acceptors (Lipinski definition) is 4. The molecule has 2 aromatic rings. The molecule has 1 saturated heterocycles. The Bertz CT molecular complexity index is 660. The number of aryl methyl sites for hydroxylation is 1. The molecule has 1 aliphatic rings. The van der Waals surface area contributed by atoms with Gasteiger partial charge in [0.05, 0.1) is 11.7 Å². The number of nitrogens with one attached hydrogen (secondary N) is 1. The quantitative estimate of drug-likeness (QED) is 0.912. The number of hydrogen-bond donors (Lipinski definition) is 1. The Morgan fingerprint density at radius 1 is 1.45 bits per heavy atom. The first-order valence-corrected chi connectivity index (χ1v) is 7.23. The van der Waals surface area contributed by atoms with E-state index in [1.54, 1.807) is 13.0 Å². The predicted octanol–water partition coefficient (Wildman–Crippen LogP) is 2.84. The van der Waals surface area contributed by atoms with Gasteiger partial charge in [-0.1, -0.05) is 28.9 Å². The van der Waals surface area contributed by atoms with Crippen LogP contribution < -0.4 is 5.32 Å². The van der Waals surface area contributed by atoms with Gasteiger partial charge in [0.25, 0.3) is 5.91 Å². The van der Waals surface area contributed by atoms with E-state index in [1.165, 1.54) is 0 Å². The van der Waals surface area contributed by atoms with Gasteiger partial charge >= 0.3 is 0 Å². The highest BCUT2D eigenvalue weighted by molar-refractivity contribution is 6.30. The summed E-state index contributed by atoms with van der Waals surface area (Å²) in [6.45, 7) is 3.87. The molecule has 2 heterocycles. The first-order chi connectivity index (χ1) is 10.1. The standard InChI is InChI=1S/C15H16ClN3O2.ClH/c1-10-7-14(21-18-10)15(20)19-6-5-17-9-13(19)11-3-2-4-12(16)8-11;/h2-4,7-8,13,17H,5-6,9H2,1H3;1H. The zero-order chi connectivity index (χ0) is 14.8. The minimum absolute atomic E-state index is 0. The molecule has 1 aromatic carbocycles. The second-order valence-corrected chi connectivity index (χ2v) is 5.54. The Morgan fingerprint density at radius 2 is 2.27 bits per heavy atom. The normalized spacial score (nSPS) is 17.9. The van der Waals surface area contributed by atoms with Gasteiger partial charge in [-0.05, 0) is 24.6 Å². The first-order valence-electron chi connectivity index (χ1n) is 6.85.